The highest BCUT2D eigenvalue weighted by Crippen LogP contribution is 2.28. The second-order valence-corrected chi connectivity index (χ2v) is 5.47. The summed E-state index contributed by atoms with van der Waals surface area (Å²) in [7, 11) is 1.67. The molecule has 0 radical (unpaired) electrons. The summed E-state index contributed by atoms with van der Waals surface area (Å²) in [6, 6.07) is 15.7. The highest BCUT2D eigenvalue weighted by Gasteiger charge is 2.10. The summed E-state index contributed by atoms with van der Waals surface area (Å²) in [5.74, 6) is 1.15. The van der Waals surface area contributed by atoms with Gasteiger partial charge in [0.1, 0.15) is 11.6 Å². The molecule has 0 atom stereocenters. The van der Waals surface area contributed by atoms with Crippen LogP contribution in [-0.2, 0) is 11.3 Å². The van der Waals surface area contributed by atoms with Crippen molar-refractivity contribution in [3.05, 3.63) is 65.9 Å². The van der Waals surface area contributed by atoms with E-state index in [0.29, 0.717) is 24.5 Å². The van der Waals surface area contributed by atoms with Crippen molar-refractivity contribution in [1.82, 2.24) is 4.98 Å². The van der Waals surface area contributed by atoms with Gasteiger partial charge in [0.05, 0.1) is 19.3 Å². The quantitative estimate of drug-likeness (QED) is 0.689. The number of ether oxygens (including phenoxy) is 2. The minimum absolute atomic E-state index is 0.347. The zero-order valence-corrected chi connectivity index (χ0v) is 14.3. The molecule has 1 heterocycles. The molecule has 0 aliphatic heterocycles. The molecule has 0 amide bonds. The Morgan fingerprint density at radius 3 is 2.68 bits per heavy atom. The van der Waals surface area contributed by atoms with Gasteiger partial charge in [0.25, 0.3) is 0 Å². The fraction of sp³-hybridized carbons (Fsp3) is 0.200. The van der Waals surface area contributed by atoms with Gasteiger partial charge in [-0.3, -0.25) is 0 Å². The molecular weight excluding hydrogens is 316 g/mol. The Morgan fingerprint density at radius 2 is 1.96 bits per heavy atom. The molecule has 5 nitrogen and oxygen atoms in total. The number of hydrogen-bond donors (Lipinski definition) is 1. The number of nitrogens with zero attached hydrogens (tertiary/aromatic N) is 1. The number of nitrogens with one attached hydrogen (secondary N) is 1. The van der Waals surface area contributed by atoms with E-state index in [1.807, 2.05) is 24.3 Å². The molecule has 0 unspecified atom stereocenters. The SMILES string of the molecule is CCOC(=O)c1ccc(NCc2c(OC)ccc3ccccc23)nc1. The summed E-state index contributed by atoms with van der Waals surface area (Å²) in [6.07, 6.45) is 1.51. The van der Waals surface area contributed by atoms with E-state index in [2.05, 4.69) is 22.4 Å². The molecule has 0 aliphatic carbocycles. The topological polar surface area (TPSA) is 60.5 Å². The summed E-state index contributed by atoms with van der Waals surface area (Å²) in [5, 5.41) is 5.58. The second kappa shape index (κ2) is 7.66. The van der Waals surface area contributed by atoms with Crippen LogP contribution in [0.2, 0.25) is 0 Å². The van der Waals surface area contributed by atoms with Gasteiger partial charge in [0.2, 0.25) is 0 Å². The summed E-state index contributed by atoms with van der Waals surface area (Å²) < 4.78 is 10.5. The van der Waals surface area contributed by atoms with Gasteiger partial charge < -0.3 is 14.8 Å². The first-order valence-electron chi connectivity index (χ1n) is 8.14. The van der Waals surface area contributed by atoms with E-state index in [0.717, 1.165) is 22.1 Å². The van der Waals surface area contributed by atoms with Crippen LogP contribution in [0.25, 0.3) is 10.8 Å². The van der Waals surface area contributed by atoms with Gasteiger partial charge in [-0.1, -0.05) is 30.3 Å². The number of hydrogen-bond acceptors (Lipinski definition) is 5. The third-order valence-electron chi connectivity index (χ3n) is 3.94. The minimum Gasteiger partial charge on any atom is -0.496 e. The Morgan fingerprint density at radius 1 is 1.12 bits per heavy atom. The van der Waals surface area contributed by atoms with Crippen LogP contribution in [0, 0.1) is 0 Å². The van der Waals surface area contributed by atoms with E-state index in [4.69, 9.17) is 9.47 Å². The Hall–Kier alpha value is -3.08. The Labute approximate surface area is 146 Å². The number of carbonyl (C=O) groups excluding carboxylic acids is 1. The number of anilines is 1. The van der Waals surface area contributed by atoms with Crippen molar-refractivity contribution in [3.63, 3.8) is 0 Å². The van der Waals surface area contributed by atoms with Crippen LogP contribution in [-0.4, -0.2) is 24.7 Å². The number of benzene rings is 2. The first-order chi connectivity index (χ1) is 12.2. The molecule has 3 aromatic rings. The Balaban J connectivity index is 1.79. The van der Waals surface area contributed by atoms with Crippen molar-refractivity contribution in [1.29, 1.82) is 0 Å². The largest absolute Gasteiger partial charge is 0.496 e. The second-order valence-electron chi connectivity index (χ2n) is 5.47. The van der Waals surface area contributed by atoms with E-state index in [1.54, 1.807) is 26.2 Å². The number of carbonyl (C=O) groups is 1. The van der Waals surface area contributed by atoms with Gasteiger partial charge in [-0.2, -0.15) is 0 Å². The number of rotatable bonds is 6. The van der Waals surface area contributed by atoms with E-state index < -0.39 is 0 Å². The summed E-state index contributed by atoms with van der Waals surface area (Å²) in [4.78, 5) is 15.9. The van der Waals surface area contributed by atoms with Crippen LogP contribution >= 0.6 is 0 Å². The molecule has 0 bridgehead atoms. The zero-order valence-electron chi connectivity index (χ0n) is 14.3. The zero-order chi connectivity index (χ0) is 17.6. The third kappa shape index (κ3) is 3.71. The molecule has 0 saturated heterocycles. The Bertz CT molecular complexity index is 876. The van der Waals surface area contributed by atoms with Crippen molar-refractivity contribution in [3.8, 4) is 5.75 Å². The smallest absolute Gasteiger partial charge is 0.339 e. The van der Waals surface area contributed by atoms with Crippen molar-refractivity contribution < 1.29 is 14.3 Å². The van der Waals surface area contributed by atoms with Gasteiger partial charge in [-0.05, 0) is 35.9 Å². The van der Waals surface area contributed by atoms with Crippen LogP contribution < -0.4 is 10.1 Å². The predicted molar refractivity (Wildman–Crippen MR) is 98.0 cm³/mol. The number of pyridine rings is 1. The molecule has 2 aromatic carbocycles. The minimum atomic E-state index is -0.364. The molecule has 25 heavy (non-hydrogen) atoms. The van der Waals surface area contributed by atoms with Crippen LogP contribution in [0.15, 0.2) is 54.7 Å². The summed E-state index contributed by atoms with van der Waals surface area (Å²) in [6.45, 7) is 2.69. The van der Waals surface area contributed by atoms with Crippen molar-refractivity contribution >= 4 is 22.6 Å². The lowest BCUT2D eigenvalue weighted by Crippen LogP contribution is -2.07. The number of methoxy groups -OCH3 is 1. The number of aromatic nitrogens is 1. The molecule has 1 N–H and O–H groups in total. The predicted octanol–water partition coefficient (Wildman–Crippen LogP) is 4.03. The third-order valence-corrected chi connectivity index (χ3v) is 3.94. The van der Waals surface area contributed by atoms with Gasteiger partial charge >= 0.3 is 5.97 Å². The number of fused-ring (bicyclic) bond motifs is 1. The van der Waals surface area contributed by atoms with Crippen molar-refractivity contribution in [2.75, 3.05) is 19.0 Å². The van der Waals surface area contributed by atoms with Gasteiger partial charge in [0.15, 0.2) is 0 Å². The number of esters is 1. The van der Waals surface area contributed by atoms with Gasteiger partial charge in [0, 0.05) is 18.3 Å². The van der Waals surface area contributed by atoms with E-state index in [-0.39, 0.29) is 5.97 Å². The molecule has 128 valence electrons. The van der Waals surface area contributed by atoms with Crippen LogP contribution in [0.4, 0.5) is 5.82 Å². The lowest BCUT2D eigenvalue weighted by atomic mass is 10.0. The lowest BCUT2D eigenvalue weighted by Gasteiger charge is -2.13. The van der Waals surface area contributed by atoms with E-state index in [1.165, 1.54) is 6.20 Å². The molecule has 0 spiro atoms. The molecule has 5 heteroatoms. The molecular formula is C20H20N2O3. The molecule has 0 saturated carbocycles. The van der Waals surface area contributed by atoms with Crippen LogP contribution in [0.3, 0.4) is 0 Å². The Kier molecular flexibility index (Phi) is 5.14. The van der Waals surface area contributed by atoms with Crippen LogP contribution in [0.1, 0.15) is 22.8 Å². The van der Waals surface area contributed by atoms with Crippen LogP contribution in [0.5, 0.6) is 5.75 Å². The maximum Gasteiger partial charge on any atom is 0.339 e. The summed E-state index contributed by atoms with van der Waals surface area (Å²) >= 11 is 0. The van der Waals surface area contributed by atoms with Crippen molar-refractivity contribution in [2.24, 2.45) is 0 Å². The molecule has 1 aromatic heterocycles. The van der Waals surface area contributed by atoms with E-state index in [9.17, 15) is 4.79 Å². The lowest BCUT2D eigenvalue weighted by molar-refractivity contribution is 0.0526. The fourth-order valence-corrected chi connectivity index (χ4v) is 2.70. The standard InChI is InChI=1S/C20H20N2O3/c1-3-25-20(23)15-9-11-19(21-12-15)22-13-17-16-7-5-4-6-14(16)8-10-18(17)24-2/h4-12H,3,13H2,1-2H3,(H,21,22). The highest BCUT2D eigenvalue weighted by atomic mass is 16.5. The highest BCUT2D eigenvalue weighted by molar-refractivity contribution is 5.89. The monoisotopic (exact) mass is 336 g/mol. The summed E-state index contributed by atoms with van der Waals surface area (Å²) in [5.41, 5.74) is 1.51. The first-order valence-corrected chi connectivity index (χ1v) is 8.14. The first kappa shape index (κ1) is 16.8. The molecule has 0 aliphatic rings. The normalized spacial score (nSPS) is 10.5. The average Bonchev–Trinajstić information content (AvgIpc) is 2.66. The average molecular weight is 336 g/mol. The van der Waals surface area contributed by atoms with E-state index >= 15 is 0 Å². The maximum absolute atomic E-state index is 11.7. The fourth-order valence-electron chi connectivity index (χ4n) is 2.70. The maximum atomic E-state index is 11.7. The molecule has 0 fully saturated rings. The van der Waals surface area contributed by atoms with Gasteiger partial charge in [-0.25, -0.2) is 9.78 Å². The van der Waals surface area contributed by atoms with Crippen molar-refractivity contribution in [2.45, 2.75) is 13.5 Å². The molecule has 3 rings (SSSR count). The van der Waals surface area contributed by atoms with Gasteiger partial charge in [-0.15, -0.1) is 0 Å².